The second kappa shape index (κ2) is 8.05. The van der Waals surface area contributed by atoms with Gasteiger partial charge in [-0.3, -0.25) is 24.6 Å². The molecular formula is C26H33N3O5. The van der Waals surface area contributed by atoms with Crippen molar-refractivity contribution in [2.24, 2.45) is 5.41 Å². The second-order valence-electron chi connectivity index (χ2n) is 11.1. The number of imide groups is 1. The van der Waals surface area contributed by atoms with E-state index in [0.29, 0.717) is 36.6 Å². The van der Waals surface area contributed by atoms with Gasteiger partial charge in [-0.1, -0.05) is 6.42 Å². The quantitative estimate of drug-likeness (QED) is 0.619. The third kappa shape index (κ3) is 3.62. The molecule has 3 amide bonds. The van der Waals surface area contributed by atoms with Gasteiger partial charge in [0.2, 0.25) is 11.8 Å². The van der Waals surface area contributed by atoms with E-state index in [0.717, 1.165) is 30.8 Å². The van der Waals surface area contributed by atoms with Crippen LogP contribution in [0, 0.1) is 5.41 Å². The summed E-state index contributed by atoms with van der Waals surface area (Å²) in [5.41, 5.74) is 2.14. The number of nitrogens with one attached hydrogen (secondary N) is 1. The van der Waals surface area contributed by atoms with Crippen LogP contribution in [0.1, 0.15) is 67.3 Å². The van der Waals surface area contributed by atoms with E-state index in [1.54, 1.807) is 4.90 Å². The van der Waals surface area contributed by atoms with Crippen LogP contribution < -0.4 is 10.1 Å². The number of carbonyl (C=O) groups excluding carboxylic acids is 3. The maximum absolute atomic E-state index is 12.9. The van der Waals surface area contributed by atoms with Gasteiger partial charge in [-0.15, -0.1) is 0 Å². The minimum absolute atomic E-state index is 0.151. The standard InChI is InChI=1S/C26H33N3O5/c1-33-26-13-25(14-26,15-26)16-28-9-3-2-4-18(28)12-34-19-5-6-20-17(10-19)11-29(24(20)32)21-7-8-22(30)27-23(21)31/h5-6,10,18,21H,2-4,7-9,11-16H2,1H3,(H,27,30,31). The summed E-state index contributed by atoms with van der Waals surface area (Å²) in [5, 5.41) is 2.35. The summed E-state index contributed by atoms with van der Waals surface area (Å²) < 4.78 is 11.9. The SMILES string of the molecule is COC12CC(CN3CCCCC3COc3ccc4c(c3)CN(C3CCC(=O)NC3=O)C4=O)(C1)C2. The summed E-state index contributed by atoms with van der Waals surface area (Å²) in [6.07, 6.45) is 7.86. The fourth-order valence-electron chi connectivity index (χ4n) is 7.00. The van der Waals surface area contributed by atoms with Crippen LogP contribution in [-0.4, -0.2) is 72.0 Å². The van der Waals surface area contributed by atoms with E-state index >= 15 is 0 Å². The van der Waals surface area contributed by atoms with E-state index in [1.165, 1.54) is 32.1 Å². The van der Waals surface area contributed by atoms with Crippen LogP contribution in [0.2, 0.25) is 0 Å². The molecule has 1 aromatic carbocycles. The highest BCUT2D eigenvalue weighted by Gasteiger charge is 2.68. The van der Waals surface area contributed by atoms with Crippen molar-refractivity contribution in [2.45, 2.75) is 75.6 Å². The summed E-state index contributed by atoms with van der Waals surface area (Å²) >= 11 is 0. The Bertz CT molecular complexity index is 1020. The number of amides is 3. The summed E-state index contributed by atoms with van der Waals surface area (Å²) in [7, 11) is 1.84. The van der Waals surface area contributed by atoms with Crippen molar-refractivity contribution in [3.05, 3.63) is 29.3 Å². The Balaban J connectivity index is 1.08. The number of hydrogen-bond donors (Lipinski definition) is 1. The molecule has 7 rings (SSSR count). The molecule has 1 aromatic rings. The molecule has 2 bridgehead atoms. The van der Waals surface area contributed by atoms with Gasteiger partial charge in [-0.05, 0) is 74.2 Å². The number of hydrogen-bond acceptors (Lipinski definition) is 6. The first-order valence-electron chi connectivity index (χ1n) is 12.6. The Kier molecular flexibility index (Phi) is 5.22. The zero-order chi connectivity index (χ0) is 23.5. The molecule has 0 radical (unpaired) electrons. The largest absolute Gasteiger partial charge is 0.492 e. The lowest BCUT2D eigenvalue weighted by Crippen LogP contribution is -2.71. The van der Waals surface area contributed by atoms with Crippen molar-refractivity contribution < 1.29 is 23.9 Å². The van der Waals surface area contributed by atoms with Gasteiger partial charge in [0.1, 0.15) is 18.4 Å². The molecule has 3 aliphatic heterocycles. The first-order valence-corrected chi connectivity index (χ1v) is 12.6. The molecule has 1 N–H and O–H groups in total. The first kappa shape index (κ1) is 22.0. The highest BCUT2D eigenvalue weighted by Crippen LogP contribution is 2.69. The Morgan fingerprint density at radius 1 is 1.12 bits per heavy atom. The maximum Gasteiger partial charge on any atom is 0.255 e. The fourth-order valence-corrected chi connectivity index (χ4v) is 7.00. The van der Waals surface area contributed by atoms with Gasteiger partial charge in [0.25, 0.3) is 5.91 Å². The molecule has 2 saturated heterocycles. The van der Waals surface area contributed by atoms with E-state index in [-0.39, 0.29) is 29.7 Å². The predicted molar refractivity (Wildman–Crippen MR) is 123 cm³/mol. The molecule has 8 heteroatoms. The molecule has 8 nitrogen and oxygen atoms in total. The van der Waals surface area contributed by atoms with E-state index in [1.807, 2.05) is 25.3 Å². The van der Waals surface area contributed by atoms with Gasteiger partial charge < -0.3 is 14.4 Å². The Morgan fingerprint density at radius 2 is 1.94 bits per heavy atom. The highest BCUT2D eigenvalue weighted by molar-refractivity contribution is 6.05. The Labute approximate surface area is 199 Å². The topological polar surface area (TPSA) is 88.2 Å². The van der Waals surface area contributed by atoms with Crippen molar-refractivity contribution in [1.82, 2.24) is 15.1 Å². The number of fused-ring (bicyclic) bond motifs is 1. The van der Waals surface area contributed by atoms with Gasteiger partial charge in [-0.25, -0.2) is 0 Å². The highest BCUT2D eigenvalue weighted by atomic mass is 16.5. The van der Waals surface area contributed by atoms with Crippen LogP contribution in [0.3, 0.4) is 0 Å². The molecule has 3 aliphatic carbocycles. The smallest absolute Gasteiger partial charge is 0.255 e. The molecular weight excluding hydrogens is 434 g/mol. The molecule has 0 spiro atoms. The zero-order valence-electron chi connectivity index (χ0n) is 19.8. The van der Waals surface area contributed by atoms with Crippen molar-refractivity contribution >= 4 is 17.7 Å². The fraction of sp³-hybridized carbons (Fsp3) is 0.654. The van der Waals surface area contributed by atoms with Gasteiger partial charge in [0.15, 0.2) is 0 Å². The average molecular weight is 468 g/mol. The molecule has 34 heavy (non-hydrogen) atoms. The number of likely N-dealkylation sites (tertiary alicyclic amines) is 1. The third-order valence-electron chi connectivity index (χ3n) is 8.75. The molecule has 2 unspecified atom stereocenters. The molecule has 2 atom stereocenters. The number of piperidine rings is 2. The summed E-state index contributed by atoms with van der Waals surface area (Å²) in [6, 6.07) is 5.43. The lowest BCUT2D eigenvalue weighted by molar-refractivity contribution is -0.281. The number of methoxy groups -OCH3 is 1. The van der Waals surface area contributed by atoms with E-state index in [9.17, 15) is 14.4 Å². The van der Waals surface area contributed by atoms with Gasteiger partial charge in [-0.2, -0.15) is 0 Å². The lowest BCUT2D eigenvalue weighted by atomic mass is 9.41. The maximum atomic E-state index is 12.9. The molecule has 5 fully saturated rings. The van der Waals surface area contributed by atoms with Crippen molar-refractivity contribution in [3.8, 4) is 5.75 Å². The second-order valence-corrected chi connectivity index (χ2v) is 11.1. The van der Waals surface area contributed by atoms with E-state index in [4.69, 9.17) is 9.47 Å². The number of nitrogens with zero attached hydrogens (tertiary/aromatic N) is 2. The molecule has 0 aromatic heterocycles. The number of ether oxygens (including phenoxy) is 2. The van der Waals surface area contributed by atoms with Crippen LogP contribution >= 0.6 is 0 Å². The zero-order valence-corrected chi connectivity index (χ0v) is 19.8. The van der Waals surface area contributed by atoms with Crippen molar-refractivity contribution in [1.29, 1.82) is 0 Å². The van der Waals surface area contributed by atoms with Gasteiger partial charge >= 0.3 is 0 Å². The van der Waals surface area contributed by atoms with Crippen LogP contribution in [0.15, 0.2) is 18.2 Å². The monoisotopic (exact) mass is 467 g/mol. The number of benzene rings is 1. The van der Waals surface area contributed by atoms with E-state index in [2.05, 4.69) is 10.2 Å². The minimum Gasteiger partial charge on any atom is -0.492 e. The van der Waals surface area contributed by atoms with Crippen LogP contribution in [0.25, 0.3) is 0 Å². The van der Waals surface area contributed by atoms with Crippen molar-refractivity contribution in [3.63, 3.8) is 0 Å². The number of carbonyl (C=O) groups is 3. The first-order chi connectivity index (χ1) is 16.4. The summed E-state index contributed by atoms with van der Waals surface area (Å²) in [5.74, 6) is -0.0376. The summed E-state index contributed by atoms with van der Waals surface area (Å²) in [6.45, 7) is 3.30. The molecule has 3 heterocycles. The molecule has 182 valence electrons. The third-order valence-corrected chi connectivity index (χ3v) is 8.75. The van der Waals surface area contributed by atoms with Crippen LogP contribution in [0.4, 0.5) is 0 Å². The number of rotatable bonds is 7. The van der Waals surface area contributed by atoms with Crippen LogP contribution in [0.5, 0.6) is 5.75 Å². The molecule has 6 aliphatic rings. The Morgan fingerprint density at radius 3 is 2.71 bits per heavy atom. The summed E-state index contributed by atoms with van der Waals surface area (Å²) in [4.78, 5) is 40.8. The average Bonchev–Trinajstić information content (AvgIpc) is 3.10. The predicted octanol–water partition coefficient (Wildman–Crippen LogP) is 2.25. The normalized spacial score (nSPS) is 34.9. The van der Waals surface area contributed by atoms with Gasteiger partial charge in [0, 0.05) is 38.2 Å². The van der Waals surface area contributed by atoms with Gasteiger partial charge in [0.05, 0.1) is 5.60 Å². The lowest BCUT2D eigenvalue weighted by Gasteiger charge is -2.70. The van der Waals surface area contributed by atoms with Crippen LogP contribution in [-0.2, 0) is 20.9 Å². The Hall–Kier alpha value is -2.45. The molecule has 3 saturated carbocycles. The van der Waals surface area contributed by atoms with E-state index < -0.39 is 6.04 Å². The minimum atomic E-state index is -0.591. The van der Waals surface area contributed by atoms with Crippen molar-refractivity contribution in [2.75, 3.05) is 26.8 Å².